The molecule has 0 aromatic carbocycles. The Morgan fingerprint density at radius 2 is 2.36 bits per heavy atom. The van der Waals surface area contributed by atoms with E-state index in [4.69, 9.17) is 5.73 Å². The normalized spacial score (nSPS) is 13.4. The van der Waals surface area contributed by atoms with Crippen molar-refractivity contribution in [2.45, 2.75) is 25.8 Å². The molecule has 0 amide bonds. The third-order valence-electron chi connectivity index (χ3n) is 1.96. The van der Waals surface area contributed by atoms with Crippen LogP contribution < -0.4 is 5.73 Å². The molecule has 0 aliphatic carbocycles. The maximum atomic E-state index is 5.93. The van der Waals surface area contributed by atoms with Crippen LogP contribution in [0.1, 0.15) is 31.5 Å². The van der Waals surface area contributed by atoms with E-state index in [1.807, 2.05) is 19.3 Å². The molecule has 1 rings (SSSR count). The highest BCUT2D eigenvalue weighted by Gasteiger charge is 2.06. The first kappa shape index (κ1) is 8.34. The Balaban J connectivity index is 2.67. The summed E-state index contributed by atoms with van der Waals surface area (Å²) in [7, 11) is 2.03. The first-order valence-electron chi connectivity index (χ1n) is 4.12. The minimum Gasteiger partial charge on any atom is -0.353 e. The van der Waals surface area contributed by atoms with Crippen molar-refractivity contribution in [3.05, 3.63) is 24.0 Å². The molecular weight excluding hydrogens is 136 g/mol. The fourth-order valence-electron chi connectivity index (χ4n) is 1.32. The molecule has 2 heteroatoms. The standard InChI is InChI=1S/C9H16N2/c1-3-5-8(10)9-6-4-7-11(9)2/h4,6-8H,3,5,10H2,1-2H3/t8-/m1/s1. The highest BCUT2D eigenvalue weighted by atomic mass is 14.9. The highest BCUT2D eigenvalue weighted by molar-refractivity contribution is 5.10. The van der Waals surface area contributed by atoms with Crippen molar-refractivity contribution >= 4 is 0 Å². The lowest BCUT2D eigenvalue weighted by Gasteiger charge is -2.10. The zero-order valence-electron chi connectivity index (χ0n) is 7.25. The third-order valence-corrected chi connectivity index (χ3v) is 1.96. The summed E-state index contributed by atoms with van der Waals surface area (Å²) in [4.78, 5) is 0. The summed E-state index contributed by atoms with van der Waals surface area (Å²) in [5.74, 6) is 0. The van der Waals surface area contributed by atoms with Gasteiger partial charge in [-0.2, -0.15) is 0 Å². The molecule has 0 aliphatic heterocycles. The van der Waals surface area contributed by atoms with Gasteiger partial charge >= 0.3 is 0 Å². The lowest BCUT2D eigenvalue weighted by molar-refractivity contribution is 0.597. The average Bonchev–Trinajstić information content (AvgIpc) is 2.36. The predicted molar refractivity (Wildman–Crippen MR) is 47.2 cm³/mol. The van der Waals surface area contributed by atoms with Gasteiger partial charge in [0.25, 0.3) is 0 Å². The molecule has 0 saturated heterocycles. The second-order valence-electron chi connectivity index (χ2n) is 2.94. The van der Waals surface area contributed by atoms with Crippen molar-refractivity contribution in [2.75, 3.05) is 0 Å². The van der Waals surface area contributed by atoms with Gasteiger partial charge in [0.2, 0.25) is 0 Å². The van der Waals surface area contributed by atoms with Crippen molar-refractivity contribution in [3.63, 3.8) is 0 Å². The SMILES string of the molecule is CCC[C@@H](N)c1cccn1C. The van der Waals surface area contributed by atoms with E-state index < -0.39 is 0 Å². The lowest BCUT2D eigenvalue weighted by atomic mass is 10.1. The van der Waals surface area contributed by atoms with Gasteiger partial charge in [-0.3, -0.25) is 0 Å². The Bertz CT molecular complexity index is 215. The Morgan fingerprint density at radius 3 is 2.82 bits per heavy atom. The van der Waals surface area contributed by atoms with Crippen LogP contribution in [0.4, 0.5) is 0 Å². The Hall–Kier alpha value is -0.760. The largest absolute Gasteiger partial charge is 0.353 e. The van der Waals surface area contributed by atoms with Gasteiger partial charge in [0, 0.05) is 25.0 Å². The number of aryl methyl sites for hydroxylation is 1. The van der Waals surface area contributed by atoms with Crippen molar-refractivity contribution in [1.82, 2.24) is 4.57 Å². The van der Waals surface area contributed by atoms with Crippen molar-refractivity contribution < 1.29 is 0 Å². The maximum Gasteiger partial charge on any atom is 0.0449 e. The van der Waals surface area contributed by atoms with Gasteiger partial charge in [0.1, 0.15) is 0 Å². The maximum absolute atomic E-state index is 5.93. The molecule has 1 atom stereocenters. The molecule has 0 unspecified atom stereocenters. The third kappa shape index (κ3) is 1.84. The number of aromatic nitrogens is 1. The Morgan fingerprint density at radius 1 is 1.64 bits per heavy atom. The van der Waals surface area contributed by atoms with Gasteiger partial charge in [0.15, 0.2) is 0 Å². The predicted octanol–water partition coefficient (Wildman–Crippen LogP) is 1.82. The summed E-state index contributed by atoms with van der Waals surface area (Å²) >= 11 is 0. The summed E-state index contributed by atoms with van der Waals surface area (Å²) in [5.41, 5.74) is 7.16. The van der Waals surface area contributed by atoms with Crippen molar-refractivity contribution in [2.24, 2.45) is 12.8 Å². The molecule has 0 fully saturated rings. The minimum atomic E-state index is 0.208. The molecule has 11 heavy (non-hydrogen) atoms. The molecule has 0 radical (unpaired) electrons. The molecule has 2 nitrogen and oxygen atoms in total. The van der Waals surface area contributed by atoms with Crippen LogP contribution in [-0.4, -0.2) is 4.57 Å². The van der Waals surface area contributed by atoms with E-state index in [1.54, 1.807) is 0 Å². The average molecular weight is 152 g/mol. The second-order valence-corrected chi connectivity index (χ2v) is 2.94. The summed E-state index contributed by atoms with van der Waals surface area (Å²) in [6, 6.07) is 4.32. The number of hydrogen-bond acceptors (Lipinski definition) is 1. The van der Waals surface area contributed by atoms with Crippen LogP contribution in [0.25, 0.3) is 0 Å². The molecule has 0 aliphatic rings. The van der Waals surface area contributed by atoms with E-state index in [9.17, 15) is 0 Å². The van der Waals surface area contributed by atoms with Crippen LogP contribution in [0.2, 0.25) is 0 Å². The molecular formula is C9H16N2. The quantitative estimate of drug-likeness (QED) is 0.703. The van der Waals surface area contributed by atoms with Crippen LogP contribution >= 0.6 is 0 Å². The fraction of sp³-hybridized carbons (Fsp3) is 0.556. The fourth-order valence-corrected chi connectivity index (χ4v) is 1.32. The molecule has 2 N–H and O–H groups in total. The van der Waals surface area contributed by atoms with Crippen LogP contribution in [0.15, 0.2) is 18.3 Å². The van der Waals surface area contributed by atoms with Crippen molar-refractivity contribution in [3.8, 4) is 0 Å². The molecule has 1 heterocycles. The Kier molecular flexibility index (Phi) is 2.71. The lowest BCUT2D eigenvalue weighted by Crippen LogP contribution is -2.13. The van der Waals surface area contributed by atoms with E-state index in [2.05, 4.69) is 17.6 Å². The van der Waals surface area contributed by atoms with E-state index >= 15 is 0 Å². The second kappa shape index (κ2) is 3.58. The zero-order valence-corrected chi connectivity index (χ0v) is 7.25. The summed E-state index contributed by atoms with van der Waals surface area (Å²) in [6.45, 7) is 2.16. The molecule has 1 aromatic heterocycles. The van der Waals surface area contributed by atoms with Crippen LogP contribution in [0.3, 0.4) is 0 Å². The first-order chi connectivity index (χ1) is 5.25. The molecule has 62 valence electrons. The van der Waals surface area contributed by atoms with E-state index in [0.717, 1.165) is 12.8 Å². The number of rotatable bonds is 3. The number of nitrogens with zero attached hydrogens (tertiary/aromatic N) is 1. The van der Waals surface area contributed by atoms with Gasteiger partial charge < -0.3 is 10.3 Å². The summed E-state index contributed by atoms with van der Waals surface area (Å²) in [6.07, 6.45) is 4.25. The van der Waals surface area contributed by atoms with Gasteiger partial charge in [0.05, 0.1) is 0 Å². The first-order valence-corrected chi connectivity index (χ1v) is 4.12. The molecule has 0 spiro atoms. The van der Waals surface area contributed by atoms with E-state index in [-0.39, 0.29) is 6.04 Å². The summed E-state index contributed by atoms with van der Waals surface area (Å²) in [5, 5.41) is 0. The van der Waals surface area contributed by atoms with E-state index in [1.165, 1.54) is 5.69 Å². The smallest absolute Gasteiger partial charge is 0.0449 e. The van der Waals surface area contributed by atoms with Gasteiger partial charge in [-0.1, -0.05) is 13.3 Å². The minimum absolute atomic E-state index is 0.208. The molecule has 0 saturated carbocycles. The van der Waals surface area contributed by atoms with Crippen LogP contribution in [0, 0.1) is 0 Å². The zero-order chi connectivity index (χ0) is 8.27. The van der Waals surface area contributed by atoms with E-state index in [0.29, 0.717) is 0 Å². The van der Waals surface area contributed by atoms with Crippen molar-refractivity contribution in [1.29, 1.82) is 0 Å². The van der Waals surface area contributed by atoms with Gasteiger partial charge in [-0.15, -0.1) is 0 Å². The molecule has 1 aromatic rings. The highest BCUT2D eigenvalue weighted by Crippen LogP contribution is 2.14. The van der Waals surface area contributed by atoms with Crippen LogP contribution in [0.5, 0.6) is 0 Å². The number of hydrogen-bond donors (Lipinski definition) is 1. The Labute approximate surface area is 68.0 Å². The van der Waals surface area contributed by atoms with Gasteiger partial charge in [-0.25, -0.2) is 0 Å². The monoisotopic (exact) mass is 152 g/mol. The van der Waals surface area contributed by atoms with Gasteiger partial charge in [-0.05, 0) is 18.6 Å². The molecule has 0 bridgehead atoms. The van der Waals surface area contributed by atoms with Crippen LogP contribution in [-0.2, 0) is 7.05 Å². The number of nitrogens with two attached hydrogens (primary N) is 1. The summed E-state index contributed by atoms with van der Waals surface area (Å²) < 4.78 is 2.08. The topological polar surface area (TPSA) is 30.9 Å².